The number of amides is 1. The minimum atomic E-state index is -4.55. The number of esters is 1. The van der Waals surface area contributed by atoms with E-state index in [1.807, 2.05) is 0 Å². The van der Waals surface area contributed by atoms with Gasteiger partial charge in [0.25, 0.3) is 5.91 Å². The molecule has 7 nitrogen and oxygen atoms in total. The smallest absolute Gasteiger partial charge is 0.410 e. The van der Waals surface area contributed by atoms with Gasteiger partial charge in [0.2, 0.25) is 0 Å². The number of rotatable bonds is 5. The van der Waals surface area contributed by atoms with Gasteiger partial charge in [0.05, 0.1) is 18.2 Å². The quantitative estimate of drug-likeness (QED) is 0.447. The number of thiophene rings is 1. The van der Waals surface area contributed by atoms with E-state index >= 15 is 0 Å². The van der Waals surface area contributed by atoms with Gasteiger partial charge in [0.15, 0.2) is 11.7 Å². The fourth-order valence-corrected chi connectivity index (χ4v) is 5.94. The summed E-state index contributed by atoms with van der Waals surface area (Å²) in [5.41, 5.74) is 1.75. The third-order valence-corrected chi connectivity index (χ3v) is 7.46. The third kappa shape index (κ3) is 4.40. The Bertz CT molecular complexity index is 1270. The van der Waals surface area contributed by atoms with Crippen molar-refractivity contribution in [2.75, 3.05) is 17.2 Å². The van der Waals surface area contributed by atoms with Crippen molar-refractivity contribution in [1.82, 2.24) is 9.78 Å². The number of ether oxygens (including phenoxy) is 1. The van der Waals surface area contributed by atoms with E-state index in [4.69, 9.17) is 4.74 Å². The Morgan fingerprint density at radius 3 is 2.74 bits per heavy atom. The summed E-state index contributed by atoms with van der Waals surface area (Å²) in [6, 6.07) is 7.70. The van der Waals surface area contributed by atoms with Crippen molar-refractivity contribution < 1.29 is 27.5 Å². The maximum Gasteiger partial charge on any atom is 0.410 e. The van der Waals surface area contributed by atoms with Crippen molar-refractivity contribution in [2.45, 2.75) is 50.9 Å². The fraction of sp³-hybridized carbons (Fsp3) is 0.375. The molecule has 2 aromatic heterocycles. The maximum absolute atomic E-state index is 13.9. The number of nitrogens with zero attached hydrogens (tertiary/aromatic N) is 2. The monoisotopic (exact) mass is 504 g/mol. The molecule has 1 amide bonds. The number of anilines is 2. The first-order chi connectivity index (χ1) is 16.8. The van der Waals surface area contributed by atoms with Crippen LogP contribution in [0.15, 0.2) is 36.4 Å². The molecule has 184 valence electrons. The van der Waals surface area contributed by atoms with Gasteiger partial charge in [-0.3, -0.25) is 4.79 Å². The fourth-order valence-electron chi connectivity index (χ4n) is 4.67. The molecule has 1 aliphatic heterocycles. The molecule has 0 saturated carbocycles. The van der Waals surface area contributed by atoms with Crippen LogP contribution in [0.3, 0.4) is 0 Å². The molecule has 0 spiro atoms. The van der Waals surface area contributed by atoms with Gasteiger partial charge in [-0.1, -0.05) is 30.3 Å². The molecule has 2 N–H and O–H groups in total. The van der Waals surface area contributed by atoms with Gasteiger partial charge >= 0.3 is 12.1 Å². The van der Waals surface area contributed by atoms with Crippen molar-refractivity contribution in [3.05, 3.63) is 63.7 Å². The van der Waals surface area contributed by atoms with Crippen LogP contribution in [0.25, 0.3) is 0 Å². The van der Waals surface area contributed by atoms with Gasteiger partial charge in [-0.15, -0.1) is 11.3 Å². The van der Waals surface area contributed by atoms with Gasteiger partial charge in [-0.25, -0.2) is 9.48 Å². The number of alkyl halides is 3. The third-order valence-electron chi connectivity index (χ3n) is 6.25. The van der Waals surface area contributed by atoms with Gasteiger partial charge in [0, 0.05) is 17.4 Å². The van der Waals surface area contributed by atoms with E-state index in [1.54, 1.807) is 37.3 Å². The lowest BCUT2D eigenvalue weighted by Crippen LogP contribution is -2.35. The van der Waals surface area contributed by atoms with Crippen molar-refractivity contribution in [1.29, 1.82) is 0 Å². The number of hydrogen-bond acceptors (Lipinski definition) is 6. The van der Waals surface area contributed by atoms with E-state index in [0.29, 0.717) is 22.5 Å². The molecule has 3 heterocycles. The summed E-state index contributed by atoms with van der Waals surface area (Å²) in [5.74, 6) is -1.09. The SMILES string of the molecule is CCOC(=O)c1c(NC(=O)c2cc3n(n2)C(C(F)(F)F)CC(c2ccccc2)N3)sc2c1CCC2. The lowest BCUT2D eigenvalue weighted by molar-refractivity contribution is -0.173. The second kappa shape index (κ2) is 9.03. The number of aryl methyl sites for hydroxylation is 1. The zero-order chi connectivity index (χ0) is 24.7. The Morgan fingerprint density at radius 2 is 2.03 bits per heavy atom. The van der Waals surface area contributed by atoms with Crippen LogP contribution in [-0.2, 0) is 17.6 Å². The van der Waals surface area contributed by atoms with E-state index in [2.05, 4.69) is 15.7 Å². The molecule has 2 aliphatic rings. The van der Waals surface area contributed by atoms with Crippen molar-refractivity contribution >= 4 is 34.0 Å². The highest BCUT2D eigenvalue weighted by Crippen LogP contribution is 2.44. The molecular weight excluding hydrogens is 481 g/mol. The van der Waals surface area contributed by atoms with Crippen LogP contribution in [0.5, 0.6) is 0 Å². The predicted octanol–water partition coefficient (Wildman–Crippen LogP) is 5.52. The van der Waals surface area contributed by atoms with E-state index < -0.39 is 30.1 Å². The number of halogens is 3. The molecular formula is C24H23F3N4O3S. The molecule has 1 aliphatic carbocycles. The summed E-state index contributed by atoms with van der Waals surface area (Å²) < 4.78 is 47.8. The molecule has 3 aromatic rings. The normalized spacial score (nSPS) is 19.0. The average Bonchev–Trinajstić information content (AvgIpc) is 3.52. The largest absolute Gasteiger partial charge is 0.462 e. The summed E-state index contributed by atoms with van der Waals surface area (Å²) in [6.07, 6.45) is -2.36. The predicted molar refractivity (Wildman–Crippen MR) is 125 cm³/mol. The van der Waals surface area contributed by atoms with E-state index in [0.717, 1.165) is 28.0 Å². The molecule has 0 fully saturated rings. The van der Waals surface area contributed by atoms with Gasteiger partial charge < -0.3 is 15.4 Å². The minimum absolute atomic E-state index is 0.108. The lowest BCUT2D eigenvalue weighted by atomic mass is 9.97. The molecule has 11 heteroatoms. The zero-order valence-electron chi connectivity index (χ0n) is 18.8. The summed E-state index contributed by atoms with van der Waals surface area (Å²) in [6.45, 7) is 1.89. The van der Waals surface area contributed by atoms with Crippen LogP contribution < -0.4 is 10.6 Å². The Kier molecular flexibility index (Phi) is 6.04. The molecule has 1 aromatic carbocycles. The Labute approximate surface area is 203 Å². The standard InChI is InChI=1S/C24H23F3N4O3S/c1-2-34-23(33)20-14-9-6-10-17(14)35-22(20)29-21(32)16-12-19-28-15(13-7-4-3-5-8-13)11-18(24(25,26)27)31(19)30-16/h3-5,7-8,12,15,18,28H,2,6,9-11H2,1H3,(H,29,32). The first kappa shape index (κ1) is 23.4. The second-order valence-electron chi connectivity index (χ2n) is 8.50. The number of benzene rings is 1. The highest BCUT2D eigenvalue weighted by Gasteiger charge is 2.47. The molecule has 0 saturated heterocycles. The van der Waals surface area contributed by atoms with Gasteiger partial charge in [0.1, 0.15) is 10.8 Å². The minimum Gasteiger partial charge on any atom is -0.462 e. The van der Waals surface area contributed by atoms with Crippen molar-refractivity contribution in [3.8, 4) is 0 Å². The summed E-state index contributed by atoms with van der Waals surface area (Å²) in [4.78, 5) is 26.6. The van der Waals surface area contributed by atoms with Crippen LogP contribution in [-0.4, -0.2) is 34.4 Å². The molecule has 0 radical (unpaired) electrons. The van der Waals surface area contributed by atoms with Crippen molar-refractivity contribution in [3.63, 3.8) is 0 Å². The molecule has 0 bridgehead atoms. The number of fused-ring (bicyclic) bond motifs is 2. The van der Waals surface area contributed by atoms with Crippen LogP contribution >= 0.6 is 11.3 Å². The number of carbonyl (C=O) groups excluding carboxylic acids is 2. The molecule has 2 atom stereocenters. The Morgan fingerprint density at radius 1 is 1.26 bits per heavy atom. The van der Waals surface area contributed by atoms with Crippen LogP contribution in [0.4, 0.5) is 24.0 Å². The highest BCUT2D eigenvalue weighted by atomic mass is 32.1. The van der Waals surface area contributed by atoms with E-state index in [1.165, 1.54) is 17.4 Å². The lowest BCUT2D eigenvalue weighted by Gasteiger charge is -2.33. The number of aromatic nitrogens is 2. The summed E-state index contributed by atoms with van der Waals surface area (Å²) in [7, 11) is 0. The second-order valence-corrected chi connectivity index (χ2v) is 9.60. The Balaban J connectivity index is 1.45. The first-order valence-corrected chi connectivity index (χ1v) is 12.2. The van der Waals surface area contributed by atoms with Crippen molar-refractivity contribution in [2.24, 2.45) is 0 Å². The topological polar surface area (TPSA) is 85.2 Å². The maximum atomic E-state index is 13.9. The summed E-state index contributed by atoms with van der Waals surface area (Å²) >= 11 is 1.30. The number of carbonyl (C=O) groups is 2. The molecule has 2 unspecified atom stereocenters. The molecule has 35 heavy (non-hydrogen) atoms. The highest BCUT2D eigenvalue weighted by molar-refractivity contribution is 7.17. The zero-order valence-corrected chi connectivity index (χ0v) is 19.6. The van der Waals surface area contributed by atoms with E-state index in [-0.39, 0.29) is 24.5 Å². The summed E-state index contributed by atoms with van der Waals surface area (Å²) in [5, 5.41) is 10.1. The van der Waals surface area contributed by atoms with Crippen LogP contribution in [0, 0.1) is 0 Å². The number of nitrogens with one attached hydrogen (secondary N) is 2. The average molecular weight is 505 g/mol. The number of hydrogen-bond donors (Lipinski definition) is 2. The van der Waals surface area contributed by atoms with Gasteiger partial charge in [-0.05, 0) is 37.3 Å². The van der Waals surface area contributed by atoms with Crippen LogP contribution in [0.2, 0.25) is 0 Å². The van der Waals surface area contributed by atoms with Gasteiger partial charge in [-0.2, -0.15) is 18.3 Å². The molecule has 5 rings (SSSR count). The van der Waals surface area contributed by atoms with Crippen LogP contribution in [0.1, 0.15) is 68.7 Å². The van der Waals surface area contributed by atoms with E-state index in [9.17, 15) is 22.8 Å². The first-order valence-electron chi connectivity index (χ1n) is 11.4. The Hall–Kier alpha value is -3.34.